The van der Waals surface area contributed by atoms with Crippen molar-refractivity contribution in [3.63, 3.8) is 0 Å². The Morgan fingerprint density at radius 2 is 2.29 bits per heavy atom. The first-order chi connectivity index (χ1) is 10.0. The first-order valence-corrected chi connectivity index (χ1v) is 9.78. The molecule has 2 N–H and O–H groups in total. The molecule has 0 aliphatic carbocycles. The van der Waals surface area contributed by atoms with Gasteiger partial charge in [0.2, 0.25) is 10.0 Å². The third kappa shape index (κ3) is 4.50. The molecule has 0 amide bonds. The van der Waals surface area contributed by atoms with Crippen LogP contribution < -0.4 is 10.0 Å². The summed E-state index contributed by atoms with van der Waals surface area (Å²) in [5.74, 6) is 0. The van der Waals surface area contributed by atoms with E-state index < -0.39 is 10.0 Å². The molecule has 0 aromatic carbocycles. The van der Waals surface area contributed by atoms with Crippen molar-refractivity contribution in [2.45, 2.75) is 50.6 Å². The van der Waals surface area contributed by atoms with Crippen LogP contribution in [0.3, 0.4) is 0 Å². The van der Waals surface area contributed by atoms with E-state index >= 15 is 0 Å². The molecule has 1 aromatic heterocycles. The second kappa shape index (κ2) is 7.69. The SMILES string of the molecule is CCCNCc1scc(C)c1S(=O)(=O)NC1CCCOC1. The number of hydrogen-bond acceptors (Lipinski definition) is 5. The quantitative estimate of drug-likeness (QED) is 0.750. The normalized spacial score (nSPS) is 19.8. The van der Waals surface area contributed by atoms with Crippen LogP contribution in [0.5, 0.6) is 0 Å². The second-order valence-electron chi connectivity index (χ2n) is 5.38. The number of thiophene rings is 1. The van der Waals surface area contributed by atoms with Crippen LogP contribution in [0.4, 0.5) is 0 Å². The van der Waals surface area contributed by atoms with E-state index in [2.05, 4.69) is 17.0 Å². The molecule has 21 heavy (non-hydrogen) atoms. The highest BCUT2D eigenvalue weighted by Gasteiger charge is 2.27. The van der Waals surface area contributed by atoms with Gasteiger partial charge in [0.25, 0.3) is 0 Å². The molecule has 0 radical (unpaired) electrons. The fourth-order valence-electron chi connectivity index (χ4n) is 2.46. The van der Waals surface area contributed by atoms with Crippen LogP contribution in [0.15, 0.2) is 10.3 Å². The maximum absolute atomic E-state index is 12.6. The Morgan fingerprint density at radius 1 is 1.48 bits per heavy atom. The van der Waals surface area contributed by atoms with Crippen LogP contribution in [0.25, 0.3) is 0 Å². The first kappa shape index (κ1) is 16.9. The molecule has 1 fully saturated rings. The molecule has 120 valence electrons. The summed E-state index contributed by atoms with van der Waals surface area (Å²) in [6, 6.07) is -0.112. The average Bonchev–Trinajstić information content (AvgIpc) is 2.82. The Balaban J connectivity index is 2.12. The van der Waals surface area contributed by atoms with E-state index in [0.717, 1.165) is 42.9 Å². The number of rotatable bonds is 7. The zero-order valence-electron chi connectivity index (χ0n) is 12.6. The van der Waals surface area contributed by atoms with Gasteiger partial charge in [-0.3, -0.25) is 0 Å². The summed E-state index contributed by atoms with van der Waals surface area (Å²) in [4.78, 5) is 1.33. The van der Waals surface area contributed by atoms with Gasteiger partial charge in [-0.05, 0) is 43.7 Å². The lowest BCUT2D eigenvalue weighted by Gasteiger charge is -2.23. The van der Waals surface area contributed by atoms with Gasteiger partial charge < -0.3 is 10.1 Å². The first-order valence-electron chi connectivity index (χ1n) is 7.42. The van der Waals surface area contributed by atoms with Crippen molar-refractivity contribution in [2.24, 2.45) is 0 Å². The van der Waals surface area contributed by atoms with E-state index in [9.17, 15) is 8.42 Å². The van der Waals surface area contributed by atoms with E-state index in [1.54, 1.807) is 0 Å². The molecule has 5 nitrogen and oxygen atoms in total. The molecule has 1 atom stereocenters. The zero-order chi connectivity index (χ0) is 15.3. The lowest BCUT2D eigenvalue weighted by molar-refractivity contribution is 0.0774. The van der Waals surface area contributed by atoms with Crippen molar-refractivity contribution in [1.82, 2.24) is 10.0 Å². The molecular formula is C14H24N2O3S2. The minimum atomic E-state index is -3.47. The minimum Gasteiger partial charge on any atom is -0.380 e. The monoisotopic (exact) mass is 332 g/mol. The van der Waals surface area contributed by atoms with Crippen molar-refractivity contribution in [1.29, 1.82) is 0 Å². The molecule has 2 heterocycles. The standard InChI is InChI=1S/C14H24N2O3S2/c1-3-6-15-8-13-14(11(2)10-20-13)21(17,18)16-12-5-4-7-19-9-12/h10,12,15-16H,3-9H2,1-2H3. The molecule has 0 spiro atoms. The summed E-state index contributed by atoms with van der Waals surface area (Å²) in [7, 11) is -3.47. The van der Waals surface area contributed by atoms with Gasteiger partial charge in [0.15, 0.2) is 0 Å². The predicted octanol–water partition coefficient (Wildman–Crippen LogP) is 2.01. The Hall–Kier alpha value is -0.470. The summed E-state index contributed by atoms with van der Waals surface area (Å²) in [6.45, 7) is 6.62. The van der Waals surface area contributed by atoms with Gasteiger partial charge in [0, 0.05) is 24.1 Å². The van der Waals surface area contributed by atoms with Gasteiger partial charge >= 0.3 is 0 Å². The smallest absolute Gasteiger partial charge is 0.242 e. The predicted molar refractivity (Wildman–Crippen MR) is 85.2 cm³/mol. The Kier molecular flexibility index (Phi) is 6.19. The van der Waals surface area contributed by atoms with Crippen LogP contribution in [-0.4, -0.2) is 34.2 Å². The summed E-state index contributed by atoms with van der Waals surface area (Å²) in [5, 5.41) is 5.19. The lowest BCUT2D eigenvalue weighted by atomic mass is 10.1. The number of ether oxygens (including phenoxy) is 1. The molecule has 7 heteroatoms. The van der Waals surface area contributed by atoms with Crippen LogP contribution >= 0.6 is 11.3 Å². The van der Waals surface area contributed by atoms with Crippen molar-refractivity contribution in [2.75, 3.05) is 19.8 Å². The minimum absolute atomic E-state index is 0.112. The second-order valence-corrected chi connectivity index (χ2v) is 8.00. The molecular weight excluding hydrogens is 308 g/mol. The van der Waals surface area contributed by atoms with E-state index in [4.69, 9.17) is 4.74 Å². The fourth-order valence-corrected chi connectivity index (χ4v) is 5.50. The van der Waals surface area contributed by atoms with E-state index in [1.165, 1.54) is 11.3 Å². The van der Waals surface area contributed by atoms with Crippen molar-refractivity contribution in [3.05, 3.63) is 15.8 Å². The van der Waals surface area contributed by atoms with Crippen molar-refractivity contribution >= 4 is 21.4 Å². The highest BCUT2D eigenvalue weighted by atomic mass is 32.2. The number of hydrogen-bond donors (Lipinski definition) is 2. The molecule has 0 saturated carbocycles. The van der Waals surface area contributed by atoms with Crippen LogP contribution in [0.1, 0.15) is 36.6 Å². The molecule has 1 aliphatic heterocycles. The van der Waals surface area contributed by atoms with Crippen molar-refractivity contribution < 1.29 is 13.2 Å². The van der Waals surface area contributed by atoms with Gasteiger partial charge in [-0.15, -0.1) is 11.3 Å². The van der Waals surface area contributed by atoms with Crippen LogP contribution in [-0.2, 0) is 21.3 Å². The number of nitrogens with one attached hydrogen (secondary N) is 2. The van der Waals surface area contributed by atoms with E-state index in [0.29, 0.717) is 18.0 Å². The molecule has 1 unspecified atom stereocenters. The Morgan fingerprint density at radius 3 is 2.95 bits per heavy atom. The Bertz CT molecular complexity index is 549. The van der Waals surface area contributed by atoms with Gasteiger partial charge in [-0.1, -0.05) is 6.92 Å². The molecule has 1 aromatic rings. The Labute approximate surface area is 131 Å². The molecule has 0 bridgehead atoms. The molecule has 1 saturated heterocycles. The maximum atomic E-state index is 12.6. The van der Waals surface area contributed by atoms with Crippen molar-refractivity contribution in [3.8, 4) is 0 Å². The highest BCUT2D eigenvalue weighted by Crippen LogP contribution is 2.27. The summed E-state index contributed by atoms with van der Waals surface area (Å²) in [6.07, 6.45) is 2.77. The van der Waals surface area contributed by atoms with Crippen LogP contribution in [0, 0.1) is 6.92 Å². The number of aryl methyl sites for hydroxylation is 1. The summed E-state index contributed by atoms with van der Waals surface area (Å²) >= 11 is 1.50. The number of sulfonamides is 1. The molecule has 1 aliphatic rings. The van der Waals surface area contributed by atoms with Gasteiger partial charge in [0.1, 0.15) is 4.90 Å². The largest absolute Gasteiger partial charge is 0.380 e. The average molecular weight is 332 g/mol. The highest BCUT2D eigenvalue weighted by molar-refractivity contribution is 7.89. The topological polar surface area (TPSA) is 67.4 Å². The van der Waals surface area contributed by atoms with Gasteiger partial charge in [-0.25, -0.2) is 13.1 Å². The molecule has 2 rings (SSSR count). The van der Waals surface area contributed by atoms with E-state index in [-0.39, 0.29) is 6.04 Å². The van der Waals surface area contributed by atoms with Gasteiger partial charge in [-0.2, -0.15) is 0 Å². The third-order valence-electron chi connectivity index (χ3n) is 3.45. The van der Waals surface area contributed by atoms with Crippen LogP contribution in [0.2, 0.25) is 0 Å². The van der Waals surface area contributed by atoms with Gasteiger partial charge in [0.05, 0.1) is 6.61 Å². The summed E-state index contributed by atoms with van der Waals surface area (Å²) < 4.78 is 33.4. The van der Waals surface area contributed by atoms with E-state index in [1.807, 2.05) is 12.3 Å². The zero-order valence-corrected chi connectivity index (χ0v) is 14.3. The lowest BCUT2D eigenvalue weighted by Crippen LogP contribution is -2.41. The fraction of sp³-hybridized carbons (Fsp3) is 0.714. The maximum Gasteiger partial charge on any atom is 0.242 e. The third-order valence-corrected chi connectivity index (χ3v) is 6.44. The summed E-state index contributed by atoms with van der Waals surface area (Å²) in [5.41, 5.74) is 0.817.